The summed E-state index contributed by atoms with van der Waals surface area (Å²) in [5.74, 6) is 0.882. The van der Waals surface area contributed by atoms with Crippen molar-refractivity contribution in [2.24, 2.45) is 0 Å². The van der Waals surface area contributed by atoms with E-state index in [0.29, 0.717) is 6.61 Å². The van der Waals surface area contributed by atoms with E-state index in [9.17, 15) is 5.11 Å². The fraction of sp³-hybridized carbons (Fsp3) is 0.625. The van der Waals surface area contributed by atoms with Crippen molar-refractivity contribution < 1.29 is 19.6 Å². The van der Waals surface area contributed by atoms with E-state index in [0.717, 1.165) is 30.9 Å². The minimum atomic E-state index is -0.385. The summed E-state index contributed by atoms with van der Waals surface area (Å²) in [6.07, 6.45) is -0.385. The number of aryl methyl sites for hydroxylation is 2. The third-order valence-corrected chi connectivity index (χ3v) is 4.10. The van der Waals surface area contributed by atoms with Crippen molar-refractivity contribution >= 4 is 0 Å². The van der Waals surface area contributed by atoms with Crippen LogP contribution < -0.4 is 14.5 Å². The lowest BCUT2D eigenvalue weighted by atomic mass is 10.1. The van der Waals surface area contributed by atoms with Gasteiger partial charge in [-0.1, -0.05) is 17.7 Å². The molecule has 0 saturated carbocycles. The number of aliphatic hydroxyl groups is 1. The van der Waals surface area contributed by atoms with Gasteiger partial charge in [-0.15, -0.1) is 0 Å². The number of hydrogen-bond acceptors (Lipinski definition) is 2. The van der Waals surface area contributed by atoms with Crippen LogP contribution in [0.1, 0.15) is 11.1 Å². The molecular formula is C16H28N2O2+2. The Hall–Kier alpha value is -1.10. The molecule has 1 saturated heterocycles. The van der Waals surface area contributed by atoms with Crippen molar-refractivity contribution in [3.05, 3.63) is 29.3 Å². The van der Waals surface area contributed by atoms with Gasteiger partial charge in [-0.2, -0.15) is 0 Å². The van der Waals surface area contributed by atoms with Crippen molar-refractivity contribution in [3.8, 4) is 5.75 Å². The quantitative estimate of drug-likeness (QED) is 0.611. The zero-order valence-corrected chi connectivity index (χ0v) is 12.9. The second-order valence-electron chi connectivity index (χ2n) is 6.15. The highest BCUT2D eigenvalue weighted by atomic mass is 16.5. The molecule has 1 aliphatic heterocycles. The summed E-state index contributed by atoms with van der Waals surface area (Å²) < 4.78 is 5.75. The molecule has 20 heavy (non-hydrogen) atoms. The Labute approximate surface area is 122 Å². The zero-order valence-electron chi connectivity index (χ0n) is 12.9. The highest BCUT2D eigenvalue weighted by molar-refractivity contribution is 5.35. The van der Waals surface area contributed by atoms with Crippen LogP contribution in [0.4, 0.5) is 0 Å². The molecule has 0 unspecified atom stereocenters. The molecule has 2 rings (SSSR count). The Morgan fingerprint density at radius 2 is 1.90 bits per heavy atom. The first kappa shape index (κ1) is 15.3. The Morgan fingerprint density at radius 3 is 2.55 bits per heavy atom. The van der Waals surface area contributed by atoms with E-state index in [4.69, 9.17) is 4.74 Å². The monoisotopic (exact) mass is 280 g/mol. The second-order valence-corrected chi connectivity index (χ2v) is 6.15. The normalized spacial score (nSPS) is 24.4. The van der Waals surface area contributed by atoms with Gasteiger partial charge in [0.05, 0.1) is 7.05 Å². The number of likely N-dealkylation sites (N-methyl/N-ethyl adjacent to an activating group) is 1. The van der Waals surface area contributed by atoms with Crippen LogP contribution in [0.25, 0.3) is 0 Å². The van der Waals surface area contributed by atoms with E-state index in [2.05, 4.69) is 20.0 Å². The summed E-state index contributed by atoms with van der Waals surface area (Å²) >= 11 is 0. The molecule has 1 aliphatic rings. The fourth-order valence-electron chi connectivity index (χ4n) is 2.77. The van der Waals surface area contributed by atoms with Crippen LogP contribution in [0.3, 0.4) is 0 Å². The Bertz CT molecular complexity index is 428. The minimum absolute atomic E-state index is 0.385. The van der Waals surface area contributed by atoms with Crippen molar-refractivity contribution in [2.75, 3.05) is 46.4 Å². The molecule has 4 heteroatoms. The van der Waals surface area contributed by atoms with Crippen LogP contribution in [0, 0.1) is 13.8 Å². The Balaban J connectivity index is 1.76. The molecule has 0 aliphatic carbocycles. The zero-order chi connectivity index (χ0) is 14.5. The lowest BCUT2D eigenvalue weighted by molar-refractivity contribution is -1.00. The summed E-state index contributed by atoms with van der Waals surface area (Å²) in [5.41, 5.74) is 2.37. The molecule has 1 aromatic carbocycles. The first-order valence-electron chi connectivity index (χ1n) is 7.57. The molecule has 0 spiro atoms. The minimum Gasteiger partial charge on any atom is -0.490 e. The van der Waals surface area contributed by atoms with Crippen molar-refractivity contribution in [3.63, 3.8) is 0 Å². The lowest BCUT2D eigenvalue weighted by Gasteiger charge is -2.28. The average molecular weight is 280 g/mol. The van der Waals surface area contributed by atoms with E-state index >= 15 is 0 Å². The van der Waals surface area contributed by atoms with Gasteiger partial charge in [-0.3, -0.25) is 0 Å². The molecule has 1 heterocycles. The van der Waals surface area contributed by atoms with E-state index in [1.807, 2.05) is 19.1 Å². The van der Waals surface area contributed by atoms with Crippen LogP contribution >= 0.6 is 0 Å². The number of rotatable bonds is 5. The summed E-state index contributed by atoms with van der Waals surface area (Å²) in [4.78, 5) is 3.09. The van der Waals surface area contributed by atoms with Gasteiger partial charge in [-0.05, 0) is 25.5 Å². The number of nitrogens with one attached hydrogen (secondary N) is 2. The molecule has 3 N–H and O–H groups in total. The Kier molecular flexibility index (Phi) is 5.40. The maximum absolute atomic E-state index is 10.1. The number of piperazine rings is 1. The lowest BCUT2D eigenvalue weighted by Crippen LogP contribution is -3.27. The molecule has 0 aromatic heterocycles. The second kappa shape index (κ2) is 7.07. The van der Waals surface area contributed by atoms with Crippen LogP contribution in [0.2, 0.25) is 0 Å². The van der Waals surface area contributed by atoms with Gasteiger partial charge in [-0.25, -0.2) is 0 Å². The van der Waals surface area contributed by atoms with Gasteiger partial charge >= 0.3 is 0 Å². The van der Waals surface area contributed by atoms with Crippen LogP contribution in [-0.4, -0.2) is 57.6 Å². The maximum atomic E-state index is 10.1. The molecular weight excluding hydrogens is 252 g/mol. The largest absolute Gasteiger partial charge is 0.490 e. The smallest absolute Gasteiger partial charge is 0.137 e. The van der Waals surface area contributed by atoms with Gasteiger partial charge in [0.15, 0.2) is 0 Å². The van der Waals surface area contributed by atoms with Gasteiger partial charge in [0.1, 0.15) is 51.2 Å². The molecule has 4 nitrogen and oxygen atoms in total. The molecule has 112 valence electrons. The third kappa shape index (κ3) is 4.47. The standard InChI is InChI=1S/C16H26N2O2/c1-13-4-5-16(14(2)10-13)20-12-15(19)11-18-8-6-17(3)7-9-18/h4-5,10,15,19H,6-9,11-12H2,1-3H3/p+2/t15-/m1/s1. The van der Waals surface area contributed by atoms with Crippen LogP contribution in [0.5, 0.6) is 5.75 Å². The van der Waals surface area contributed by atoms with E-state index in [-0.39, 0.29) is 6.10 Å². The predicted molar refractivity (Wildman–Crippen MR) is 79.6 cm³/mol. The molecule has 0 amide bonds. The van der Waals surface area contributed by atoms with Gasteiger partial charge in [0.2, 0.25) is 0 Å². The van der Waals surface area contributed by atoms with Crippen LogP contribution in [-0.2, 0) is 0 Å². The first-order chi connectivity index (χ1) is 9.54. The third-order valence-electron chi connectivity index (χ3n) is 4.10. The molecule has 1 fully saturated rings. The highest BCUT2D eigenvalue weighted by Gasteiger charge is 2.22. The highest BCUT2D eigenvalue weighted by Crippen LogP contribution is 2.18. The summed E-state index contributed by atoms with van der Waals surface area (Å²) in [6, 6.07) is 6.14. The fourth-order valence-corrected chi connectivity index (χ4v) is 2.77. The van der Waals surface area contributed by atoms with Gasteiger partial charge < -0.3 is 19.6 Å². The Morgan fingerprint density at radius 1 is 1.20 bits per heavy atom. The summed E-state index contributed by atoms with van der Waals surface area (Å²) in [5, 5.41) is 10.1. The van der Waals surface area contributed by atoms with E-state index in [1.165, 1.54) is 23.6 Å². The topological polar surface area (TPSA) is 38.3 Å². The molecule has 0 bridgehead atoms. The predicted octanol–water partition coefficient (Wildman–Crippen LogP) is -1.54. The SMILES string of the molecule is Cc1ccc(OC[C@H](O)C[NH+]2CC[NH+](C)CC2)c(C)c1. The maximum Gasteiger partial charge on any atom is 0.137 e. The number of benzene rings is 1. The molecule has 1 atom stereocenters. The van der Waals surface area contributed by atoms with E-state index < -0.39 is 0 Å². The molecule has 0 radical (unpaired) electrons. The number of hydrogen-bond donors (Lipinski definition) is 3. The summed E-state index contributed by atoms with van der Waals surface area (Å²) in [7, 11) is 2.23. The number of ether oxygens (including phenoxy) is 1. The van der Waals surface area contributed by atoms with Gasteiger partial charge in [0, 0.05) is 0 Å². The average Bonchev–Trinajstić information content (AvgIpc) is 2.40. The molecule has 1 aromatic rings. The van der Waals surface area contributed by atoms with Gasteiger partial charge in [0.25, 0.3) is 0 Å². The number of quaternary nitrogens is 2. The first-order valence-corrected chi connectivity index (χ1v) is 7.57. The summed E-state index contributed by atoms with van der Waals surface area (Å²) in [6.45, 7) is 9.97. The van der Waals surface area contributed by atoms with Crippen LogP contribution in [0.15, 0.2) is 18.2 Å². The number of aliphatic hydroxyl groups excluding tert-OH is 1. The van der Waals surface area contributed by atoms with Crippen molar-refractivity contribution in [1.29, 1.82) is 0 Å². The van der Waals surface area contributed by atoms with E-state index in [1.54, 1.807) is 4.90 Å². The van der Waals surface area contributed by atoms with Crippen molar-refractivity contribution in [2.45, 2.75) is 20.0 Å². The van der Waals surface area contributed by atoms with Crippen molar-refractivity contribution in [1.82, 2.24) is 0 Å².